The van der Waals surface area contributed by atoms with Crippen LogP contribution in [0.4, 0.5) is 39.5 Å². The predicted octanol–water partition coefficient (Wildman–Crippen LogP) is 8.96. The minimum Gasteiger partial charge on any atom is -0.490 e. The van der Waals surface area contributed by atoms with Gasteiger partial charge < -0.3 is 18.7 Å². The molecule has 0 amide bonds. The Labute approximate surface area is 255 Å². The van der Waals surface area contributed by atoms with E-state index in [1.165, 1.54) is 7.11 Å². The molecule has 3 rings (SSSR count). The number of methoxy groups -OCH3 is 1. The van der Waals surface area contributed by atoms with Gasteiger partial charge in [-0.25, -0.2) is 0 Å². The number of benzene rings is 3. The van der Waals surface area contributed by atoms with E-state index in [0.717, 1.165) is 66.7 Å². The second-order valence-corrected chi connectivity index (χ2v) is 10.2. The molecule has 0 aliphatic rings. The van der Waals surface area contributed by atoms with Crippen molar-refractivity contribution >= 4 is 7.32 Å². The van der Waals surface area contributed by atoms with Crippen molar-refractivity contribution < 1.29 is 62.7 Å². The maximum absolute atomic E-state index is 13.9. The van der Waals surface area contributed by atoms with Crippen molar-refractivity contribution in [2.24, 2.45) is 0 Å². The van der Waals surface area contributed by atoms with Gasteiger partial charge in [0.15, 0.2) is 0 Å². The summed E-state index contributed by atoms with van der Waals surface area (Å²) in [6.45, 7) is 8.49. The average molecular weight is 652 g/mol. The Balaban J connectivity index is 2.14. The summed E-state index contributed by atoms with van der Waals surface area (Å²) in [4.78, 5) is 0. The van der Waals surface area contributed by atoms with Crippen molar-refractivity contribution in [1.82, 2.24) is 0 Å². The Morgan fingerprint density at radius 3 is 1.29 bits per heavy atom. The summed E-state index contributed by atoms with van der Waals surface area (Å²) < 4.78 is 144. The lowest BCUT2D eigenvalue weighted by molar-refractivity contribution is -1.00. The molecule has 0 aliphatic carbocycles. The Morgan fingerprint density at radius 1 is 0.578 bits per heavy atom. The lowest BCUT2D eigenvalue weighted by Gasteiger charge is -2.49. The van der Waals surface area contributed by atoms with E-state index in [1.807, 2.05) is 20.8 Å². The van der Waals surface area contributed by atoms with Gasteiger partial charge >= 0.3 is 25.9 Å². The molecule has 0 saturated heterocycles. The van der Waals surface area contributed by atoms with E-state index in [4.69, 9.17) is 18.7 Å². The molecule has 1 atom stereocenters. The summed E-state index contributed by atoms with van der Waals surface area (Å²) in [5, 5.41) is 0. The molecule has 0 spiro atoms. The van der Waals surface area contributed by atoms with Crippen molar-refractivity contribution in [2.45, 2.75) is 51.9 Å². The summed E-state index contributed by atoms with van der Waals surface area (Å²) in [5.41, 5.74) is -4.43. The van der Waals surface area contributed by atoms with E-state index in [-0.39, 0.29) is 27.3 Å². The first-order chi connectivity index (χ1) is 20.8. The highest BCUT2D eigenvalue weighted by atomic mass is 19.4. The van der Waals surface area contributed by atoms with Crippen LogP contribution in [0.15, 0.2) is 66.7 Å². The molecule has 45 heavy (non-hydrogen) atoms. The van der Waals surface area contributed by atoms with Crippen LogP contribution in [0.25, 0.3) is 0 Å². The average Bonchev–Trinajstić information content (AvgIpc) is 2.97. The molecule has 1 unspecified atom stereocenters. The van der Waals surface area contributed by atoms with Crippen LogP contribution in [0.5, 0.6) is 17.2 Å². The van der Waals surface area contributed by atoms with Gasteiger partial charge in [0.2, 0.25) is 5.72 Å². The molecular formula is C30H32BF9NO4+. The number of alkyl halides is 9. The highest BCUT2D eigenvalue weighted by Gasteiger charge is 2.50. The number of nitrogens with zero attached hydrogens (tertiary/aromatic N) is 1. The lowest BCUT2D eigenvalue weighted by atomic mass is 9.95. The van der Waals surface area contributed by atoms with Crippen molar-refractivity contribution in [3.63, 3.8) is 0 Å². The van der Waals surface area contributed by atoms with Crippen LogP contribution in [-0.2, 0) is 29.0 Å². The van der Waals surface area contributed by atoms with Crippen LogP contribution in [0.3, 0.4) is 0 Å². The van der Waals surface area contributed by atoms with Crippen LogP contribution < -0.4 is 14.0 Å². The standard InChI is InChI=1S/C30H32BF9NO4/c1-6-41(7-2,8-3)27(4,42-5)25-19-22(30(38,39)40)13-18-26(25)45-31(43-23-14-9-20(10-15-23)28(32,33)34)44-24-16-11-21(12-17-24)29(35,36)37/h9-19H,6-8H2,1-5H3/q+1. The number of quaternary nitrogens is 1. The Kier molecular flexibility index (Phi) is 10.7. The second kappa shape index (κ2) is 13.4. The third kappa shape index (κ3) is 7.99. The molecule has 0 saturated carbocycles. The molecule has 5 nitrogen and oxygen atoms in total. The Morgan fingerprint density at radius 2 is 0.956 bits per heavy atom. The van der Waals surface area contributed by atoms with Crippen molar-refractivity contribution in [2.75, 3.05) is 26.7 Å². The highest BCUT2D eigenvalue weighted by molar-refractivity contribution is 6.39. The van der Waals surface area contributed by atoms with Crippen LogP contribution in [-0.4, -0.2) is 38.5 Å². The SMILES string of the molecule is CC[N+](CC)(CC)C(C)(OC)c1cc(C(F)(F)F)ccc1OB(Oc1ccc(C(F)(F)F)cc1)Oc1ccc(C(F)(F)F)cc1. The topological polar surface area (TPSA) is 36.9 Å². The quantitative estimate of drug-likeness (QED) is 0.0848. The molecule has 246 valence electrons. The molecule has 0 aliphatic heterocycles. The zero-order valence-corrected chi connectivity index (χ0v) is 25.0. The molecule has 0 fully saturated rings. The van der Waals surface area contributed by atoms with Crippen LogP contribution >= 0.6 is 0 Å². The predicted molar refractivity (Wildman–Crippen MR) is 148 cm³/mol. The fraction of sp³-hybridized carbons (Fsp3) is 0.400. The van der Waals surface area contributed by atoms with Crippen LogP contribution in [0.2, 0.25) is 0 Å². The maximum atomic E-state index is 13.9. The molecule has 0 radical (unpaired) electrons. The number of hydrogen-bond acceptors (Lipinski definition) is 4. The van der Waals surface area contributed by atoms with E-state index in [9.17, 15) is 39.5 Å². The zero-order valence-electron chi connectivity index (χ0n) is 25.0. The fourth-order valence-electron chi connectivity index (χ4n) is 5.15. The molecule has 3 aromatic carbocycles. The van der Waals surface area contributed by atoms with Gasteiger partial charge in [-0.05, 0) is 87.5 Å². The lowest BCUT2D eigenvalue weighted by Crippen LogP contribution is -2.62. The van der Waals surface area contributed by atoms with Gasteiger partial charge in [-0.15, -0.1) is 0 Å². The van der Waals surface area contributed by atoms with Gasteiger partial charge in [-0.3, -0.25) is 4.48 Å². The highest BCUT2D eigenvalue weighted by Crippen LogP contribution is 2.44. The number of ether oxygens (including phenoxy) is 1. The molecule has 0 bridgehead atoms. The van der Waals surface area contributed by atoms with Gasteiger partial charge in [0, 0.05) is 14.0 Å². The van der Waals surface area contributed by atoms with E-state index in [0.29, 0.717) is 19.6 Å². The van der Waals surface area contributed by atoms with Crippen molar-refractivity contribution in [1.29, 1.82) is 0 Å². The monoisotopic (exact) mass is 652 g/mol. The minimum atomic E-state index is -4.74. The summed E-state index contributed by atoms with van der Waals surface area (Å²) >= 11 is 0. The summed E-state index contributed by atoms with van der Waals surface area (Å²) in [7, 11) is -0.547. The summed E-state index contributed by atoms with van der Waals surface area (Å²) in [6.07, 6.45) is -14.0. The number of halogens is 9. The van der Waals surface area contributed by atoms with Gasteiger partial charge in [-0.1, -0.05) is 0 Å². The van der Waals surface area contributed by atoms with Gasteiger partial charge in [0.1, 0.15) is 17.2 Å². The van der Waals surface area contributed by atoms with E-state index in [2.05, 4.69) is 0 Å². The van der Waals surface area contributed by atoms with Crippen LogP contribution in [0.1, 0.15) is 49.9 Å². The zero-order chi connectivity index (χ0) is 33.8. The third-order valence-corrected chi connectivity index (χ3v) is 7.98. The first-order valence-electron chi connectivity index (χ1n) is 13.8. The van der Waals surface area contributed by atoms with E-state index >= 15 is 0 Å². The molecule has 15 heteroatoms. The summed E-state index contributed by atoms with van der Waals surface area (Å²) in [6, 6.07) is 9.45. The van der Waals surface area contributed by atoms with Crippen molar-refractivity contribution in [3.05, 3.63) is 89.0 Å². The molecule has 0 heterocycles. The van der Waals surface area contributed by atoms with Gasteiger partial charge in [0.25, 0.3) is 0 Å². The Bertz CT molecular complexity index is 1340. The molecule has 0 N–H and O–H groups in total. The minimum absolute atomic E-state index is 0.0394. The largest absolute Gasteiger partial charge is 0.864 e. The fourth-order valence-corrected chi connectivity index (χ4v) is 5.15. The molecule has 3 aromatic rings. The smallest absolute Gasteiger partial charge is 0.490 e. The van der Waals surface area contributed by atoms with Gasteiger partial charge in [0.05, 0.1) is 41.9 Å². The first-order valence-corrected chi connectivity index (χ1v) is 13.8. The number of rotatable bonds is 12. The maximum Gasteiger partial charge on any atom is 0.864 e. The molecule has 0 aromatic heterocycles. The normalized spacial score (nSPS) is 14.1. The first kappa shape index (κ1) is 35.9. The van der Waals surface area contributed by atoms with Crippen LogP contribution in [0, 0.1) is 0 Å². The second-order valence-electron chi connectivity index (χ2n) is 10.2. The van der Waals surface area contributed by atoms with Gasteiger partial charge in [-0.2, -0.15) is 39.5 Å². The Hall–Kier alpha value is -3.59. The summed E-state index contributed by atoms with van der Waals surface area (Å²) in [5.74, 6) is -0.568. The van der Waals surface area contributed by atoms with Crippen molar-refractivity contribution in [3.8, 4) is 17.2 Å². The number of hydrogen-bond donors (Lipinski definition) is 0. The molecular weight excluding hydrogens is 620 g/mol. The third-order valence-electron chi connectivity index (χ3n) is 7.98. The van der Waals surface area contributed by atoms with E-state index < -0.39 is 48.3 Å². The van der Waals surface area contributed by atoms with E-state index in [1.54, 1.807) is 6.92 Å².